The lowest BCUT2D eigenvalue weighted by Crippen LogP contribution is -2.40. The molecule has 0 fully saturated rings. The van der Waals surface area contributed by atoms with Crippen LogP contribution in [-0.2, 0) is 11.0 Å². The van der Waals surface area contributed by atoms with Gasteiger partial charge < -0.3 is 13.9 Å². The number of hydrogen-bond acceptors (Lipinski definition) is 4. The van der Waals surface area contributed by atoms with Crippen LogP contribution in [0.25, 0.3) is 0 Å². The molecule has 0 bridgehead atoms. The summed E-state index contributed by atoms with van der Waals surface area (Å²) in [6, 6.07) is 0. The van der Waals surface area contributed by atoms with Crippen LogP contribution in [-0.4, -0.2) is 18.4 Å². The Balaban J connectivity index is 2.62. The quantitative estimate of drug-likeness (QED) is 0.637. The van der Waals surface area contributed by atoms with Crippen molar-refractivity contribution in [2.75, 3.05) is 0 Å². The van der Waals surface area contributed by atoms with E-state index in [-0.39, 0.29) is 5.04 Å². The molecular weight excluding hydrogens is 258 g/mol. The molecule has 0 saturated carbocycles. The molecule has 0 radical (unpaired) electrons. The minimum absolute atomic E-state index is 0.158. The third-order valence-electron chi connectivity index (χ3n) is 3.66. The van der Waals surface area contributed by atoms with E-state index in [4.69, 9.17) is 8.84 Å². The molecule has 1 aromatic heterocycles. The van der Waals surface area contributed by atoms with Gasteiger partial charge in [-0.1, -0.05) is 26.8 Å². The number of aliphatic hydroxyl groups is 1. The van der Waals surface area contributed by atoms with Gasteiger partial charge in [0.1, 0.15) is 24.7 Å². The minimum atomic E-state index is -1.80. The normalized spacial score (nSPS) is 14.4. The van der Waals surface area contributed by atoms with E-state index in [1.807, 2.05) is 0 Å². The predicted molar refractivity (Wildman–Crippen MR) is 78.3 cm³/mol. The van der Waals surface area contributed by atoms with Crippen molar-refractivity contribution in [2.45, 2.75) is 58.0 Å². The van der Waals surface area contributed by atoms with Gasteiger partial charge in [-0.3, -0.25) is 0 Å². The van der Waals surface area contributed by atoms with Gasteiger partial charge in [0, 0.05) is 0 Å². The molecule has 1 atom stereocenters. The van der Waals surface area contributed by atoms with Crippen LogP contribution in [0.2, 0.25) is 18.1 Å². The summed E-state index contributed by atoms with van der Waals surface area (Å²) in [5, 5.41) is 9.92. The van der Waals surface area contributed by atoms with Crippen molar-refractivity contribution in [1.82, 2.24) is 4.98 Å². The van der Waals surface area contributed by atoms with E-state index in [9.17, 15) is 5.11 Å². The maximum Gasteiger partial charge on any atom is 0.219 e. The summed E-state index contributed by atoms with van der Waals surface area (Å²) in [5.74, 6) is 0.517. The van der Waals surface area contributed by atoms with Gasteiger partial charge in [0.05, 0.1) is 0 Å². The lowest BCUT2D eigenvalue weighted by molar-refractivity contribution is 0.176. The Labute approximate surface area is 116 Å². The van der Waals surface area contributed by atoms with Gasteiger partial charge in [-0.05, 0) is 24.6 Å². The molecule has 19 heavy (non-hydrogen) atoms. The SMILES string of the molecule is C=CC[C@H](O)c1coc(CO[Si](C)(C)C(C)(C)C)n1. The number of aromatic nitrogens is 1. The zero-order chi connectivity index (χ0) is 14.7. The minimum Gasteiger partial charge on any atom is -0.446 e. The van der Waals surface area contributed by atoms with Gasteiger partial charge in [-0.25, -0.2) is 4.98 Å². The summed E-state index contributed by atoms with van der Waals surface area (Å²) in [7, 11) is -1.80. The smallest absolute Gasteiger partial charge is 0.219 e. The first-order chi connectivity index (χ1) is 8.67. The van der Waals surface area contributed by atoms with Crippen molar-refractivity contribution < 1.29 is 13.9 Å². The first-order valence-corrected chi connectivity index (χ1v) is 9.45. The molecule has 5 heteroatoms. The molecule has 0 saturated heterocycles. The zero-order valence-electron chi connectivity index (χ0n) is 12.6. The summed E-state index contributed by atoms with van der Waals surface area (Å²) < 4.78 is 11.3. The molecule has 1 aromatic rings. The molecule has 0 amide bonds. The van der Waals surface area contributed by atoms with Crippen LogP contribution in [0.3, 0.4) is 0 Å². The van der Waals surface area contributed by atoms with Gasteiger partial charge in [-0.15, -0.1) is 6.58 Å². The molecule has 1 heterocycles. The monoisotopic (exact) mass is 283 g/mol. The van der Waals surface area contributed by atoms with Crippen molar-refractivity contribution in [3.8, 4) is 0 Å². The van der Waals surface area contributed by atoms with Gasteiger partial charge >= 0.3 is 0 Å². The summed E-state index contributed by atoms with van der Waals surface area (Å²) in [4.78, 5) is 4.25. The average Bonchev–Trinajstić information content (AvgIpc) is 2.74. The van der Waals surface area contributed by atoms with E-state index in [1.165, 1.54) is 6.26 Å². The lowest BCUT2D eigenvalue weighted by atomic mass is 10.2. The maximum atomic E-state index is 9.77. The summed E-state index contributed by atoms with van der Waals surface area (Å²) >= 11 is 0. The third-order valence-corrected chi connectivity index (χ3v) is 8.14. The lowest BCUT2D eigenvalue weighted by Gasteiger charge is -2.35. The van der Waals surface area contributed by atoms with Gasteiger partial charge in [-0.2, -0.15) is 0 Å². The molecule has 108 valence electrons. The Morgan fingerprint density at radius 3 is 2.68 bits per heavy atom. The van der Waals surface area contributed by atoms with Crippen molar-refractivity contribution in [3.05, 3.63) is 30.5 Å². The molecule has 0 spiro atoms. The first kappa shape index (κ1) is 16.1. The molecule has 0 aromatic carbocycles. The zero-order valence-corrected chi connectivity index (χ0v) is 13.6. The molecule has 0 aliphatic rings. The van der Waals surface area contributed by atoms with Crippen LogP contribution >= 0.6 is 0 Å². The highest BCUT2D eigenvalue weighted by atomic mass is 28.4. The second-order valence-electron chi connectivity index (χ2n) is 6.26. The Morgan fingerprint density at radius 2 is 2.16 bits per heavy atom. The van der Waals surface area contributed by atoms with Crippen molar-refractivity contribution >= 4 is 8.32 Å². The van der Waals surface area contributed by atoms with E-state index in [2.05, 4.69) is 45.4 Å². The Morgan fingerprint density at radius 1 is 1.53 bits per heavy atom. The highest BCUT2D eigenvalue weighted by Crippen LogP contribution is 2.37. The Hall–Kier alpha value is -0.913. The molecule has 4 nitrogen and oxygen atoms in total. The van der Waals surface area contributed by atoms with Crippen molar-refractivity contribution in [3.63, 3.8) is 0 Å². The number of nitrogens with zero attached hydrogens (tertiary/aromatic N) is 1. The fourth-order valence-corrected chi connectivity index (χ4v) is 2.20. The van der Waals surface area contributed by atoms with Crippen LogP contribution in [0, 0.1) is 0 Å². The van der Waals surface area contributed by atoms with E-state index < -0.39 is 14.4 Å². The van der Waals surface area contributed by atoms with Crippen LogP contribution < -0.4 is 0 Å². The van der Waals surface area contributed by atoms with Crippen molar-refractivity contribution in [2.24, 2.45) is 0 Å². The summed E-state index contributed by atoms with van der Waals surface area (Å²) in [6.45, 7) is 14.9. The van der Waals surface area contributed by atoms with Crippen LogP contribution in [0.1, 0.15) is 44.9 Å². The number of aliphatic hydroxyl groups excluding tert-OH is 1. The largest absolute Gasteiger partial charge is 0.446 e. The van der Waals surface area contributed by atoms with Crippen LogP contribution in [0.4, 0.5) is 0 Å². The molecular formula is C14H25NO3Si. The van der Waals surface area contributed by atoms with E-state index in [0.717, 1.165) is 0 Å². The highest BCUT2D eigenvalue weighted by molar-refractivity contribution is 6.74. The molecule has 0 aliphatic heterocycles. The summed E-state index contributed by atoms with van der Waals surface area (Å²) in [6.07, 6.45) is 2.96. The summed E-state index contributed by atoms with van der Waals surface area (Å²) in [5.41, 5.74) is 0.536. The fourth-order valence-electron chi connectivity index (χ4n) is 1.28. The predicted octanol–water partition coefficient (Wildman–Crippen LogP) is 3.81. The standard InChI is InChI=1S/C14H25NO3Si/c1-7-8-12(16)11-9-17-13(15-11)10-18-19(5,6)14(2,3)4/h7,9,12,16H,1,8,10H2,2-6H3/t12-/m0/s1. The van der Waals surface area contributed by atoms with E-state index in [1.54, 1.807) is 6.08 Å². The fraction of sp³-hybridized carbons (Fsp3) is 0.643. The maximum absolute atomic E-state index is 9.77. The topological polar surface area (TPSA) is 55.5 Å². The number of rotatable bonds is 6. The van der Waals surface area contributed by atoms with E-state index >= 15 is 0 Å². The van der Waals surface area contributed by atoms with E-state index in [0.29, 0.717) is 24.6 Å². The second-order valence-corrected chi connectivity index (χ2v) is 11.1. The number of oxazole rings is 1. The third kappa shape index (κ3) is 4.30. The second kappa shape index (κ2) is 6.03. The van der Waals surface area contributed by atoms with Crippen LogP contribution in [0.15, 0.2) is 23.3 Å². The van der Waals surface area contributed by atoms with Gasteiger partial charge in [0.2, 0.25) is 5.89 Å². The molecule has 1 rings (SSSR count). The van der Waals surface area contributed by atoms with Gasteiger partial charge in [0.25, 0.3) is 0 Å². The first-order valence-electron chi connectivity index (χ1n) is 6.54. The number of hydrogen-bond donors (Lipinski definition) is 1. The average molecular weight is 283 g/mol. The highest BCUT2D eigenvalue weighted by Gasteiger charge is 2.37. The van der Waals surface area contributed by atoms with Crippen molar-refractivity contribution in [1.29, 1.82) is 0 Å². The van der Waals surface area contributed by atoms with Gasteiger partial charge in [0.15, 0.2) is 8.32 Å². The Bertz CT molecular complexity index is 421. The molecule has 1 N–H and O–H groups in total. The molecule has 0 aliphatic carbocycles. The Kier molecular flexibility index (Phi) is 5.12. The molecule has 0 unspecified atom stereocenters. The van der Waals surface area contributed by atoms with Crippen LogP contribution in [0.5, 0.6) is 0 Å².